The minimum absolute atomic E-state index is 0.330. The Hall–Kier alpha value is -1.82. The van der Waals surface area contributed by atoms with Crippen molar-refractivity contribution in [3.63, 3.8) is 0 Å². The fourth-order valence-electron chi connectivity index (χ4n) is 2.80. The Morgan fingerprint density at radius 2 is 2.17 bits per heavy atom. The maximum Gasteiger partial charge on any atom is 0.193 e. The molecule has 0 unspecified atom stereocenters. The maximum absolute atomic E-state index is 13.4. The zero-order valence-electron chi connectivity index (χ0n) is 14.6. The highest BCUT2D eigenvalue weighted by molar-refractivity contribution is 5.79. The molecule has 1 aliphatic heterocycles. The summed E-state index contributed by atoms with van der Waals surface area (Å²) in [6.45, 7) is 5.86. The number of phenolic OH excluding ortho intramolecular Hbond substituents is 1. The lowest BCUT2D eigenvalue weighted by Gasteiger charge is -2.26. The molecule has 1 saturated heterocycles. The molecule has 1 aromatic carbocycles. The summed E-state index contributed by atoms with van der Waals surface area (Å²) in [5.41, 5.74) is 0.735. The van der Waals surface area contributed by atoms with Crippen LogP contribution in [0, 0.1) is 11.7 Å². The molecule has 0 bridgehead atoms. The Kier molecular flexibility index (Phi) is 7.31. The van der Waals surface area contributed by atoms with E-state index in [-0.39, 0.29) is 5.75 Å². The summed E-state index contributed by atoms with van der Waals surface area (Å²) in [5, 5.41) is 12.5. The van der Waals surface area contributed by atoms with Crippen molar-refractivity contribution in [2.45, 2.75) is 32.7 Å². The Morgan fingerprint density at radius 1 is 1.42 bits per heavy atom. The monoisotopic (exact) mass is 337 g/mol. The van der Waals surface area contributed by atoms with Gasteiger partial charge in [0, 0.05) is 33.4 Å². The number of hydrogen-bond acceptors (Lipinski definition) is 3. The lowest BCUT2D eigenvalue weighted by Crippen LogP contribution is -2.40. The molecular formula is C18H28FN3O2. The summed E-state index contributed by atoms with van der Waals surface area (Å²) < 4.78 is 18.8. The third-order valence-electron chi connectivity index (χ3n) is 4.33. The van der Waals surface area contributed by atoms with E-state index < -0.39 is 5.82 Å². The Bertz CT molecular complexity index is 545. The van der Waals surface area contributed by atoms with Crippen molar-refractivity contribution in [3.05, 3.63) is 29.6 Å². The topological polar surface area (TPSA) is 57.1 Å². The van der Waals surface area contributed by atoms with Crippen LogP contribution in [0.2, 0.25) is 0 Å². The van der Waals surface area contributed by atoms with Gasteiger partial charge in [0.25, 0.3) is 0 Å². The van der Waals surface area contributed by atoms with Crippen molar-refractivity contribution in [2.75, 3.05) is 33.4 Å². The summed E-state index contributed by atoms with van der Waals surface area (Å²) in [5.74, 6) is 0.595. The average Bonchev–Trinajstić information content (AvgIpc) is 2.60. The fraction of sp³-hybridized carbons (Fsp3) is 0.611. The van der Waals surface area contributed by atoms with Gasteiger partial charge in [-0.1, -0.05) is 6.07 Å². The van der Waals surface area contributed by atoms with Crippen LogP contribution in [0.15, 0.2) is 23.2 Å². The SMILES string of the molecule is CCNC(=NCc1ccc(O)c(F)c1)N(C)CCC1CCOCC1. The second-order valence-corrected chi connectivity index (χ2v) is 6.22. The van der Waals surface area contributed by atoms with Gasteiger partial charge in [-0.15, -0.1) is 0 Å². The van der Waals surface area contributed by atoms with E-state index in [0.717, 1.165) is 63.0 Å². The molecule has 1 fully saturated rings. The van der Waals surface area contributed by atoms with E-state index in [1.165, 1.54) is 12.1 Å². The number of hydrogen-bond donors (Lipinski definition) is 2. The number of ether oxygens (including phenoxy) is 1. The molecule has 0 saturated carbocycles. The number of benzene rings is 1. The van der Waals surface area contributed by atoms with Crippen LogP contribution in [-0.4, -0.2) is 49.3 Å². The van der Waals surface area contributed by atoms with Gasteiger partial charge in [0.1, 0.15) is 0 Å². The normalized spacial score (nSPS) is 16.2. The number of halogens is 1. The van der Waals surface area contributed by atoms with Crippen LogP contribution in [0.3, 0.4) is 0 Å². The van der Waals surface area contributed by atoms with Crippen LogP contribution in [0.1, 0.15) is 31.7 Å². The smallest absolute Gasteiger partial charge is 0.193 e. The molecule has 134 valence electrons. The van der Waals surface area contributed by atoms with Crippen LogP contribution in [0.4, 0.5) is 4.39 Å². The summed E-state index contributed by atoms with van der Waals surface area (Å²) in [6, 6.07) is 4.37. The number of phenols is 1. The predicted octanol–water partition coefficient (Wildman–Crippen LogP) is 2.75. The van der Waals surface area contributed by atoms with Crippen LogP contribution in [-0.2, 0) is 11.3 Å². The molecule has 6 heteroatoms. The molecule has 0 spiro atoms. The van der Waals surface area contributed by atoms with Gasteiger partial charge in [0.15, 0.2) is 17.5 Å². The van der Waals surface area contributed by atoms with E-state index >= 15 is 0 Å². The first-order chi connectivity index (χ1) is 11.6. The van der Waals surface area contributed by atoms with E-state index in [1.54, 1.807) is 6.07 Å². The number of aromatic hydroxyl groups is 1. The summed E-state index contributed by atoms with van der Waals surface area (Å²) >= 11 is 0. The van der Waals surface area contributed by atoms with Gasteiger partial charge in [0.2, 0.25) is 0 Å². The largest absolute Gasteiger partial charge is 0.505 e. The highest BCUT2D eigenvalue weighted by Crippen LogP contribution is 2.19. The predicted molar refractivity (Wildman–Crippen MR) is 93.7 cm³/mol. The third kappa shape index (κ3) is 5.67. The van der Waals surface area contributed by atoms with E-state index in [2.05, 4.69) is 15.2 Å². The van der Waals surface area contributed by atoms with Crippen LogP contribution < -0.4 is 5.32 Å². The van der Waals surface area contributed by atoms with Gasteiger partial charge in [0.05, 0.1) is 6.54 Å². The van der Waals surface area contributed by atoms with E-state index in [1.807, 2.05) is 14.0 Å². The second-order valence-electron chi connectivity index (χ2n) is 6.22. The number of guanidine groups is 1. The molecule has 1 heterocycles. The lowest BCUT2D eigenvalue weighted by atomic mass is 9.96. The Balaban J connectivity index is 1.91. The highest BCUT2D eigenvalue weighted by Gasteiger charge is 2.15. The first kappa shape index (κ1) is 18.5. The van der Waals surface area contributed by atoms with Crippen molar-refractivity contribution in [3.8, 4) is 5.75 Å². The third-order valence-corrected chi connectivity index (χ3v) is 4.33. The maximum atomic E-state index is 13.4. The van der Waals surface area contributed by atoms with E-state index in [9.17, 15) is 9.50 Å². The molecule has 0 radical (unpaired) electrons. The molecule has 0 atom stereocenters. The van der Waals surface area contributed by atoms with Gasteiger partial charge in [-0.2, -0.15) is 0 Å². The number of aliphatic imine (C=N–C) groups is 1. The van der Waals surface area contributed by atoms with Crippen molar-refractivity contribution < 1.29 is 14.2 Å². The van der Waals surface area contributed by atoms with E-state index in [4.69, 9.17) is 4.74 Å². The molecule has 0 aromatic heterocycles. The first-order valence-electron chi connectivity index (χ1n) is 8.64. The fourth-order valence-corrected chi connectivity index (χ4v) is 2.80. The molecule has 2 rings (SSSR count). The van der Waals surface area contributed by atoms with Crippen LogP contribution >= 0.6 is 0 Å². The molecule has 1 aromatic rings. The minimum atomic E-state index is -0.611. The van der Waals surface area contributed by atoms with Gasteiger partial charge >= 0.3 is 0 Å². The van der Waals surface area contributed by atoms with Gasteiger partial charge in [-0.25, -0.2) is 9.38 Å². The molecule has 0 amide bonds. The molecule has 0 aliphatic carbocycles. The second kappa shape index (κ2) is 9.47. The Morgan fingerprint density at radius 3 is 2.83 bits per heavy atom. The van der Waals surface area contributed by atoms with Gasteiger partial charge in [-0.05, 0) is 49.8 Å². The van der Waals surface area contributed by atoms with Gasteiger partial charge in [-0.3, -0.25) is 0 Å². The number of rotatable bonds is 6. The molecule has 5 nitrogen and oxygen atoms in total. The number of nitrogens with zero attached hydrogens (tertiary/aromatic N) is 2. The van der Waals surface area contributed by atoms with Crippen LogP contribution in [0.5, 0.6) is 5.75 Å². The standard InChI is InChI=1S/C18H28FN3O2/c1-3-20-18(21-13-15-4-5-17(23)16(19)12-15)22(2)9-6-14-7-10-24-11-8-14/h4-5,12,14,23H,3,6-11,13H2,1-2H3,(H,20,21). The van der Waals surface area contributed by atoms with Crippen molar-refractivity contribution in [1.29, 1.82) is 0 Å². The molecule has 24 heavy (non-hydrogen) atoms. The van der Waals surface area contributed by atoms with Crippen molar-refractivity contribution in [2.24, 2.45) is 10.9 Å². The zero-order valence-corrected chi connectivity index (χ0v) is 14.6. The average molecular weight is 337 g/mol. The summed E-state index contributed by atoms with van der Waals surface area (Å²) in [4.78, 5) is 6.70. The molecule has 2 N–H and O–H groups in total. The lowest BCUT2D eigenvalue weighted by molar-refractivity contribution is 0.0625. The highest BCUT2D eigenvalue weighted by atomic mass is 19.1. The van der Waals surface area contributed by atoms with Crippen molar-refractivity contribution >= 4 is 5.96 Å². The summed E-state index contributed by atoms with van der Waals surface area (Å²) in [7, 11) is 2.03. The quantitative estimate of drug-likeness (QED) is 0.619. The van der Waals surface area contributed by atoms with Crippen molar-refractivity contribution in [1.82, 2.24) is 10.2 Å². The van der Waals surface area contributed by atoms with Gasteiger partial charge < -0.3 is 20.1 Å². The Labute approximate surface area is 143 Å². The molecular weight excluding hydrogens is 309 g/mol. The minimum Gasteiger partial charge on any atom is -0.505 e. The zero-order chi connectivity index (χ0) is 17.4. The summed E-state index contributed by atoms with van der Waals surface area (Å²) in [6.07, 6.45) is 3.39. The number of nitrogens with one attached hydrogen (secondary N) is 1. The van der Waals surface area contributed by atoms with E-state index in [0.29, 0.717) is 6.54 Å². The first-order valence-corrected chi connectivity index (χ1v) is 8.64. The molecule has 1 aliphatic rings. The van der Waals surface area contributed by atoms with Crippen LogP contribution in [0.25, 0.3) is 0 Å².